The summed E-state index contributed by atoms with van der Waals surface area (Å²) in [7, 11) is 0. The highest BCUT2D eigenvalue weighted by atomic mass is 16.6. The van der Waals surface area contributed by atoms with Crippen molar-refractivity contribution in [3.05, 3.63) is 0 Å². The Hall–Kier alpha value is -1.06. The number of carbonyl (C=O) groups excluding carboxylic acids is 2. The summed E-state index contributed by atoms with van der Waals surface area (Å²) in [5.41, 5.74) is 0. The van der Waals surface area contributed by atoms with Crippen molar-refractivity contribution in [1.29, 1.82) is 0 Å². The molecular formula is C16H28O4. The van der Waals surface area contributed by atoms with Crippen molar-refractivity contribution in [2.45, 2.75) is 90.3 Å². The molecule has 0 heterocycles. The summed E-state index contributed by atoms with van der Waals surface area (Å²) < 4.78 is 11.0. The lowest BCUT2D eigenvalue weighted by molar-refractivity contribution is -0.171. The molecular weight excluding hydrogens is 256 g/mol. The Morgan fingerprint density at radius 3 is 1.60 bits per heavy atom. The third kappa shape index (κ3) is 6.40. The maximum Gasteiger partial charge on any atom is 0.306 e. The van der Waals surface area contributed by atoms with E-state index in [0.29, 0.717) is 12.8 Å². The molecule has 0 amide bonds. The van der Waals surface area contributed by atoms with E-state index in [-0.39, 0.29) is 24.1 Å². The van der Waals surface area contributed by atoms with Crippen LogP contribution >= 0.6 is 0 Å². The quantitative estimate of drug-likeness (QED) is 0.637. The average molecular weight is 284 g/mol. The van der Waals surface area contributed by atoms with Gasteiger partial charge in [-0.15, -0.1) is 0 Å². The Morgan fingerprint density at radius 1 is 0.850 bits per heavy atom. The Balaban J connectivity index is 2.41. The SMILES string of the molecule is CCCCC(=O)O[C@@H]1CCCC[C@H]1OC(=O)CCCC. The molecule has 0 bridgehead atoms. The number of esters is 2. The van der Waals surface area contributed by atoms with Crippen LogP contribution in [-0.4, -0.2) is 24.1 Å². The van der Waals surface area contributed by atoms with Crippen LogP contribution in [0, 0.1) is 0 Å². The van der Waals surface area contributed by atoms with Crippen molar-refractivity contribution in [2.24, 2.45) is 0 Å². The zero-order valence-corrected chi connectivity index (χ0v) is 12.9. The molecule has 0 aliphatic heterocycles. The van der Waals surface area contributed by atoms with E-state index in [2.05, 4.69) is 0 Å². The standard InChI is InChI=1S/C16H28O4/c1-3-5-11-15(17)19-13-9-7-8-10-14(13)20-16(18)12-6-4-2/h13-14H,3-12H2,1-2H3/t13-,14-/m1/s1. The topological polar surface area (TPSA) is 52.6 Å². The van der Waals surface area contributed by atoms with E-state index in [0.717, 1.165) is 51.4 Å². The first kappa shape index (κ1) is 17.0. The van der Waals surface area contributed by atoms with Crippen molar-refractivity contribution < 1.29 is 19.1 Å². The number of hydrogen-bond donors (Lipinski definition) is 0. The van der Waals surface area contributed by atoms with Crippen molar-refractivity contribution in [1.82, 2.24) is 0 Å². The Morgan fingerprint density at radius 2 is 1.25 bits per heavy atom. The van der Waals surface area contributed by atoms with Crippen LogP contribution in [0.15, 0.2) is 0 Å². The molecule has 1 aliphatic rings. The molecule has 116 valence electrons. The molecule has 0 aromatic heterocycles. The highest BCUT2D eigenvalue weighted by Crippen LogP contribution is 2.25. The van der Waals surface area contributed by atoms with Gasteiger partial charge >= 0.3 is 11.9 Å². The van der Waals surface area contributed by atoms with Crippen LogP contribution in [0.25, 0.3) is 0 Å². The number of hydrogen-bond acceptors (Lipinski definition) is 4. The van der Waals surface area contributed by atoms with Gasteiger partial charge in [0.1, 0.15) is 12.2 Å². The monoisotopic (exact) mass is 284 g/mol. The maximum atomic E-state index is 11.7. The van der Waals surface area contributed by atoms with Crippen molar-refractivity contribution in [2.75, 3.05) is 0 Å². The minimum atomic E-state index is -0.237. The van der Waals surface area contributed by atoms with Crippen LogP contribution in [0.3, 0.4) is 0 Å². The summed E-state index contributed by atoms with van der Waals surface area (Å²) in [5.74, 6) is -0.318. The second-order valence-electron chi connectivity index (χ2n) is 5.55. The highest BCUT2D eigenvalue weighted by molar-refractivity contribution is 5.70. The second-order valence-corrected chi connectivity index (χ2v) is 5.55. The first-order valence-electron chi connectivity index (χ1n) is 8.06. The van der Waals surface area contributed by atoms with Crippen LogP contribution in [-0.2, 0) is 19.1 Å². The molecule has 0 aromatic rings. The predicted octanol–water partition coefficient (Wildman–Crippen LogP) is 3.76. The van der Waals surface area contributed by atoms with E-state index in [1.54, 1.807) is 0 Å². The summed E-state index contributed by atoms with van der Waals surface area (Å²) in [6, 6.07) is 0. The lowest BCUT2D eigenvalue weighted by Gasteiger charge is -2.30. The van der Waals surface area contributed by atoms with Gasteiger partial charge in [-0.1, -0.05) is 26.7 Å². The number of carbonyl (C=O) groups is 2. The fraction of sp³-hybridized carbons (Fsp3) is 0.875. The first-order chi connectivity index (χ1) is 9.67. The van der Waals surface area contributed by atoms with E-state index in [4.69, 9.17) is 9.47 Å². The highest BCUT2D eigenvalue weighted by Gasteiger charge is 2.31. The molecule has 1 aliphatic carbocycles. The molecule has 1 rings (SSSR count). The molecule has 4 heteroatoms. The van der Waals surface area contributed by atoms with Crippen molar-refractivity contribution >= 4 is 11.9 Å². The minimum Gasteiger partial charge on any atom is -0.458 e. The fourth-order valence-electron chi connectivity index (χ4n) is 2.43. The summed E-state index contributed by atoms with van der Waals surface area (Å²) in [6.45, 7) is 4.10. The average Bonchev–Trinajstić information content (AvgIpc) is 2.45. The molecule has 20 heavy (non-hydrogen) atoms. The van der Waals surface area contributed by atoms with Crippen LogP contribution in [0.2, 0.25) is 0 Å². The molecule has 0 radical (unpaired) electrons. The lowest BCUT2D eigenvalue weighted by Crippen LogP contribution is -2.37. The molecule has 4 nitrogen and oxygen atoms in total. The van der Waals surface area contributed by atoms with Gasteiger partial charge in [0, 0.05) is 12.8 Å². The molecule has 0 spiro atoms. The van der Waals surface area contributed by atoms with Crippen LogP contribution in [0.4, 0.5) is 0 Å². The van der Waals surface area contributed by atoms with Crippen molar-refractivity contribution in [3.63, 3.8) is 0 Å². The van der Waals surface area contributed by atoms with Gasteiger partial charge in [0.15, 0.2) is 0 Å². The Bertz CT molecular complexity index is 271. The summed E-state index contributed by atoms with van der Waals surface area (Å²) >= 11 is 0. The smallest absolute Gasteiger partial charge is 0.306 e. The van der Waals surface area contributed by atoms with Gasteiger partial charge < -0.3 is 9.47 Å². The third-order valence-electron chi connectivity index (χ3n) is 3.68. The molecule has 0 saturated heterocycles. The normalized spacial score (nSPS) is 22.3. The second kappa shape index (κ2) is 9.78. The van der Waals surface area contributed by atoms with E-state index < -0.39 is 0 Å². The van der Waals surface area contributed by atoms with Gasteiger partial charge in [0.05, 0.1) is 0 Å². The van der Waals surface area contributed by atoms with Crippen LogP contribution in [0.5, 0.6) is 0 Å². The molecule has 0 unspecified atom stereocenters. The first-order valence-corrected chi connectivity index (χ1v) is 8.06. The van der Waals surface area contributed by atoms with E-state index in [1.807, 2.05) is 13.8 Å². The largest absolute Gasteiger partial charge is 0.458 e. The molecule has 2 atom stereocenters. The zero-order valence-electron chi connectivity index (χ0n) is 12.9. The summed E-state index contributed by atoms with van der Waals surface area (Å²) in [5, 5.41) is 0. The van der Waals surface area contributed by atoms with Gasteiger partial charge in [0.2, 0.25) is 0 Å². The van der Waals surface area contributed by atoms with Crippen molar-refractivity contribution in [3.8, 4) is 0 Å². The van der Waals surface area contributed by atoms with Gasteiger partial charge in [0.25, 0.3) is 0 Å². The van der Waals surface area contributed by atoms with Gasteiger partial charge in [-0.05, 0) is 38.5 Å². The van der Waals surface area contributed by atoms with E-state index >= 15 is 0 Å². The van der Waals surface area contributed by atoms with Gasteiger partial charge in [-0.2, -0.15) is 0 Å². The zero-order chi connectivity index (χ0) is 14.8. The lowest BCUT2D eigenvalue weighted by atomic mass is 9.94. The van der Waals surface area contributed by atoms with Crippen LogP contribution < -0.4 is 0 Å². The Labute approximate surface area is 122 Å². The van der Waals surface area contributed by atoms with Crippen LogP contribution in [0.1, 0.15) is 78.1 Å². The number of rotatable bonds is 8. The van der Waals surface area contributed by atoms with Gasteiger partial charge in [-0.3, -0.25) is 9.59 Å². The van der Waals surface area contributed by atoms with E-state index in [1.165, 1.54) is 0 Å². The maximum absolute atomic E-state index is 11.7. The molecule has 0 N–H and O–H groups in total. The minimum absolute atomic E-state index is 0.159. The van der Waals surface area contributed by atoms with E-state index in [9.17, 15) is 9.59 Å². The third-order valence-corrected chi connectivity index (χ3v) is 3.68. The fourth-order valence-corrected chi connectivity index (χ4v) is 2.43. The predicted molar refractivity (Wildman–Crippen MR) is 77.3 cm³/mol. The summed E-state index contributed by atoms with van der Waals surface area (Å²) in [4.78, 5) is 23.4. The number of unbranched alkanes of at least 4 members (excludes halogenated alkanes) is 2. The molecule has 1 fully saturated rings. The molecule has 0 aromatic carbocycles. The number of ether oxygens (including phenoxy) is 2. The summed E-state index contributed by atoms with van der Waals surface area (Å²) in [6.07, 6.45) is 7.81. The Kier molecular flexibility index (Phi) is 8.31. The molecule has 1 saturated carbocycles. The van der Waals surface area contributed by atoms with Gasteiger partial charge in [-0.25, -0.2) is 0 Å².